The fourth-order valence-electron chi connectivity index (χ4n) is 5.14. The van der Waals surface area contributed by atoms with E-state index in [0.717, 1.165) is 18.4 Å². The van der Waals surface area contributed by atoms with Crippen LogP contribution in [0.1, 0.15) is 43.4 Å². The predicted octanol–water partition coefficient (Wildman–Crippen LogP) is 0.746. The molecule has 2 bridgehead atoms. The van der Waals surface area contributed by atoms with E-state index in [1.165, 1.54) is 0 Å². The third-order valence-corrected chi connectivity index (χ3v) is 6.66. The van der Waals surface area contributed by atoms with Crippen molar-refractivity contribution in [2.75, 3.05) is 19.6 Å². The van der Waals surface area contributed by atoms with E-state index in [4.69, 9.17) is 11.0 Å². The molecule has 0 spiro atoms. The Morgan fingerprint density at radius 2 is 2.17 bits per heavy atom. The minimum atomic E-state index is -0.732. The minimum Gasteiger partial charge on any atom is -0.330 e. The number of carbonyl (C=O) groups excluding carboxylic acids is 2. The zero-order valence-electron chi connectivity index (χ0n) is 17.1. The van der Waals surface area contributed by atoms with Gasteiger partial charge in [-0.05, 0) is 43.9 Å². The number of likely N-dealkylation sites (tertiary alicyclic amines) is 3. The van der Waals surface area contributed by atoms with Gasteiger partial charge in [0.2, 0.25) is 11.8 Å². The Kier molecular flexibility index (Phi) is 5.46. The number of nitrogens with two attached hydrogens (primary N) is 1. The molecule has 0 aromatic heterocycles. The molecule has 156 valence electrons. The molecule has 1 aromatic carbocycles. The average Bonchev–Trinajstić information content (AvgIpc) is 3.47. The Labute approximate surface area is 176 Å². The Balaban J connectivity index is 1.40. The summed E-state index contributed by atoms with van der Waals surface area (Å²) in [5.74, 6) is -0.148. The first-order chi connectivity index (χ1) is 14.4. The molecule has 1 aromatic rings. The van der Waals surface area contributed by atoms with Crippen molar-refractivity contribution >= 4 is 11.8 Å². The van der Waals surface area contributed by atoms with Crippen LogP contribution in [0.3, 0.4) is 0 Å². The van der Waals surface area contributed by atoms with Gasteiger partial charge in [-0.15, -0.1) is 0 Å². The number of rotatable bonds is 5. The molecule has 3 heterocycles. The fraction of sp³-hybridized carbons (Fsp3) is 0.545. The van der Waals surface area contributed by atoms with Crippen LogP contribution in [0.5, 0.6) is 0 Å². The van der Waals surface area contributed by atoms with Crippen LogP contribution < -0.4 is 5.73 Å². The van der Waals surface area contributed by atoms with E-state index >= 15 is 0 Å². The quantitative estimate of drug-likeness (QED) is 0.771. The second-order valence-corrected chi connectivity index (χ2v) is 8.44. The van der Waals surface area contributed by atoms with E-state index in [0.29, 0.717) is 31.6 Å². The molecule has 4 rings (SSSR count). The highest BCUT2D eigenvalue weighted by Gasteiger charge is 2.51. The highest BCUT2D eigenvalue weighted by Crippen LogP contribution is 2.38. The third-order valence-electron chi connectivity index (χ3n) is 6.66. The van der Waals surface area contributed by atoms with Crippen molar-refractivity contribution in [1.82, 2.24) is 14.7 Å². The van der Waals surface area contributed by atoms with Crippen LogP contribution in [0, 0.1) is 22.7 Å². The monoisotopic (exact) mass is 406 g/mol. The maximum Gasteiger partial charge on any atom is 0.241 e. The van der Waals surface area contributed by atoms with Crippen molar-refractivity contribution in [3.05, 3.63) is 35.4 Å². The SMILES string of the molecule is CC(c1cccc(C#N)c1)N1C(=O)C2C[C@H]1CN2CC(N)C(=O)N1CCCC1C#N. The van der Waals surface area contributed by atoms with Crippen LogP contribution in [0.25, 0.3) is 0 Å². The summed E-state index contributed by atoms with van der Waals surface area (Å²) in [5.41, 5.74) is 7.72. The average molecular weight is 406 g/mol. The van der Waals surface area contributed by atoms with Crippen LogP contribution in [-0.4, -0.2) is 70.3 Å². The summed E-state index contributed by atoms with van der Waals surface area (Å²) in [6.07, 6.45) is 2.25. The largest absolute Gasteiger partial charge is 0.330 e. The maximum absolute atomic E-state index is 13.1. The Morgan fingerprint density at radius 1 is 1.37 bits per heavy atom. The molecular weight excluding hydrogens is 380 g/mol. The van der Waals surface area contributed by atoms with Gasteiger partial charge in [-0.2, -0.15) is 10.5 Å². The van der Waals surface area contributed by atoms with Gasteiger partial charge in [0.15, 0.2) is 0 Å². The molecule has 0 radical (unpaired) electrons. The molecule has 3 aliphatic rings. The van der Waals surface area contributed by atoms with E-state index in [-0.39, 0.29) is 36.0 Å². The number of fused-ring (bicyclic) bond motifs is 2. The predicted molar refractivity (Wildman–Crippen MR) is 109 cm³/mol. The molecule has 5 atom stereocenters. The first-order valence-electron chi connectivity index (χ1n) is 10.5. The number of amides is 2. The van der Waals surface area contributed by atoms with Gasteiger partial charge < -0.3 is 15.5 Å². The van der Waals surface area contributed by atoms with E-state index in [9.17, 15) is 14.9 Å². The third kappa shape index (κ3) is 3.43. The molecule has 3 aliphatic heterocycles. The van der Waals surface area contributed by atoms with Crippen molar-refractivity contribution in [2.45, 2.75) is 56.4 Å². The van der Waals surface area contributed by atoms with Crippen molar-refractivity contribution in [1.29, 1.82) is 10.5 Å². The molecule has 0 saturated carbocycles. The first kappa shape index (κ1) is 20.3. The highest BCUT2D eigenvalue weighted by molar-refractivity contribution is 5.87. The molecule has 0 aliphatic carbocycles. The Bertz CT molecular complexity index is 934. The summed E-state index contributed by atoms with van der Waals surface area (Å²) < 4.78 is 0. The van der Waals surface area contributed by atoms with Crippen molar-refractivity contribution in [3.8, 4) is 12.1 Å². The molecule has 30 heavy (non-hydrogen) atoms. The number of benzene rings is 1. The second-order valence-electron chi connectivity index (χ2n) is 8.44. The van der Waals surface area contributed by atoms with Gasteiger partial charge in [0, 0.05) is 25.7 Å². The summed E-state index contributed by atoms with van der Waals surface area (Å²) in [6.45, 7) is 3.57. The molecule has 2 amide bonds. The van der Waals surface area contributed by atoms with Crippen molar-refractivity contribution < 1.29 is 9.59 Å². The van der Waals surface area contributed by atoms with Gasteiger partial charge in [0.1, 0.15) is 6.04 Å². The molecule has 4 unspecified atom stereocenters. The van der Waals surface area contributed by atoms with Crippen LogP contribution in [0.15, 0.2) is 24.3 Å². The topological polar surface area (TPSA) is 117 Å². The summed E-state index contributed by atoms with van der Waals surface area (Å²) >= 11 is 0. The van der Waals surface area contributed by atoms with Gasteiger partial charge in [0.05, 0.1) is 35.8 Å². The smallest absolute Gasteiger partial charge is 0.241 e. The van der Waals surface area contributed by atoms with E-state index in [1.807, 2.05) is 34.9 Å². The fourth-order valence-corrected chi connectivity index (χ4v) is 5.14. The summed E-state index contributed by atoms with van der Waals surface area (Å²) in [7, 11) is 0. The Morgan fingerprint density at radius 3 is 2.87 bits per heavy atom. The summed E-state index contributed by atoms with van der Waals surface area (Å²) in [5, 5.41) is 18.4. The van der Waals surface area contributed by atoms with Gasteiger partial charge in [-0.25, -0.2) is 0 Å². The molecule has 8 heteroatoms. The van der Waals surface area contributed by atoms with Gasteiger partial charge in [0.25, 0.3) is 0 Å². The minimum absolute atomic E-state index is 0.0526. The lowest BCUT2D eigenvalue weighted by molar-refractivity contribution is -0.140. The highest BCUT2D eigenvalue weighted by atomic mass is 16.2. The zero-order chi connectivity index (χ0) is 21.4. The zero-order valence-corrected chi connectivity index (χ0v) is 17.1. The van der Waals surface area contributed by atoms with Crippen molar-refractivity contribution in [3.63, 3.8) is 0 Å². The lowest BCUT2D eigenvalue weighted by Gasteiger charge is -2.38. The molecule has 2 N–H and O–H groups in total. The summed E-state index contributed by atoms with van der Waals surface area (Å²) in [4.78, 5) is 31.3. The summed E-state index contributed by atoms with van der Waals surface area (Å²) in [6, 6.07) is 10.3. The normalized spacial score (nSPS) is 27.7. The molecular formula is C22H26N6O2. The molecule has 3 fully saturated rings. The van der Waals surface area contributed by atoms with Gasteiger partial charge in [-0.1, -0.05) is 12.1 Å². The lowest BCUT2D eigenvalue weighted by Crippen LogP contribution is -2.56. The number of piperazine rings is 1. The van der Waals surface area contributed by atoms with Crippen LogP contribution >= 0.6 is 0 Å². The maximum atomic E-state index is 13.1. The van der Waals surface area contributed by atoms with Gasteiger partial charge in [-0.3, -0.25) is 14.5 Å². The molecule has 3 saturated heterocycles. The first-order valence-corrected chi connectivity index (χ1v) is 10.5. The number of nitrogens with zero attached hydrogens (tertiary/aromatic N) is 5. The van der Waals surface area contributed by atoms with E-state index in [2.05, 4.69) is 12.1 Å². The van der Waals surface area contributed by atoms with Crippen molar-refractivity contribution in [2.24, 2.45) is 5.73 Å². The van der Waals surface area contributed by atoms with Gasteiger partial charge >= 0.3 is 0 Å². The van der Waals surface area contributed by atoms with E-state index < -0.39 is 6.04 Å². The molecule has 8 nitrogen and oxygen atoms in total. The second kappa shape index (κ2) is 8.06. The van der Waals surface area contributed by atoms with Crippen LogP contribution in [-0.2, 0) is 9.59 Å². The Hall–Kier alpha value is -2.94. The van der Waals surface area contributed by atoms with Crippen LogP contribution in [0.4, 0.5) is 0 Å². The lowest BCUT2D eigenvalue weighted by atomic mass is 10.0. The number of carbonyl (C=O) groups is 2. The number of hydrogen-bond acceptors (Lipinski definition) is 6. The van der Waals surface area contributed by atoms with E-state index in [1.54, 1.807) is 11.0 Å². The van der Waals surface area contributed by atoms with Crippen LogP contribution in [0.2, 0.25) is 0 Å². The number of hydrogen-bond donors (Lipinski definition) is 1. The standard InChI is InChI=1S/C22H26N6O2/c1-14(16-5-2-4-15(8-16)10-23)28-18-9-20(22(28)30)26(12-18)13-19(25)21(29)27-7-3-6-17(27)11-24/h2,4-5,8,14,17-20H,3,6-7,9,12-13,25H2,1H3/t14?,17?,18-,19?,20?/m0/s1. The number of nitriles is 2.